The van der Waals surface area contributed by atoms with E-state index in [4.69, 9.17) is 5.26 Å². The number of aryl methyl sites for hydroxylation is 1. The van der Waals surface area contributed by atoms with Gasteiger partial charge in [-0.2, -0.15) is 10.2 Å². The molecule has 1 aromatic rings. The van der Waals surface area contributed by atoms with Gasteiger partial charge in [0.05, 0.1) is 6.10 Å². The molecule has 0 saturated carbocycles. The third kappa shape index (κ3) is 3.83. The standard InChI is InChI=1S/C10H11N3O2/c11-6-9-5-8(3-4-12-9)1-2-10(14)7-13-15/h3-5,10,14H,1-2,7H2. The fourth-order valence-electron chi connectivity index (χ4n) is 1.20. The number of aliphatic hydroxyl groups is 1. The van der Waals surface area contributed by atoms with Crippen molar-refractivity contribution in [1.29, 1.82) is 5.26 Å². The zero-order valence-corrected chi connectivity index (χ0v) is 8.13. The molecule has 0 bridgehead atoms. The fourth-order valence-corrected chi connectivity index (χ4v) is 1.20. The van der Waals surface area contributed by atoms with Crippen LogP contribution in [-0.2, 0) is 6.42 Å². The minimum Gasteiger partial charge on any atom is -0.391 e. The van der Waals surface area contributed by atoms with E-state index < -0.39 is 6.10 Å². The van der Waals surface area contributed by atoms with Crippen molar-refractivity contribution in [3.63, 3.8) is 0 Å². The maximum atomic E-state index is 9.86. The van der Waals surface area contributed by atoms with Crippen molar-refractivity contribution < 1.29 is 5.11 Å². The predicted molar refractivity (Wildman–Crippen MR) is 53.9 cm³/mol. The van der Waals surface area contributed by atoms with Crippen LogP contribution in [0.5, 0.6) is 0 Å². The van der Waals surface area contributed by atoms with E-state index in [2.05, 4.69) is 10.2 Å². The molecule has 0 amide bonds. The Morgan fingerprint density at radius 2 is 2.47 bits per heavy atom. The van der Waals surface area contributed by atoms with Gasteiger partial charge in [-0.3, -0.25) is 0 Å². The number of aliphatic hydroxyl groups excluding tert-OH is 1. The molecule has 0 aliphatic rings. The van der Waals surface area contributed by atoms with Crippen molar-refractivity contribution in [2.45, 2.75) is 18.9 Å². The monoisotopic (exact) mass is 205 g/mol. The largest absolute Gasteiger partial charge is 0.391 e. The summed E-state index contributed by atoms with van der Waals surface area (Å²) in [6.07, 6.45) is 1.91. The van der Waals surface area contributed by atoms with E-state index in [-0.39, 0.29) is 6.54 Å². The third-order valence-corrected chi connectivity index (χ3v) is 1.99. The smallest absolute Gasteiger partial charge is 0.140 e. The predicted octanol–water partition coefficient (Wildman–Crippen LogP) is 1.01. The van der Waals surface area contributed by atoms with E-state index in [1.54, 1.807) is 18.3 Å². The maximum Gasteiger partial charge on any atom is 0.140 e. The highest BCUT2D eigenvalue weighted by Crippen LogP contribution is 2.06. The van der Waals surface area contributed by atoms with Gasteiger partial charge < -0.3 is 5.11 Å². The maximum absolute atomic E-state index is 9.86. The van der Waals surface area contributed by atoms with E-state index in [9.17, 15) is 10.0 Å². The van der Waals surface area contributed by atoms with Crippen LogP contribution in [0.2, 0.25) is 0 Å². The minimum absolute atomic E-state index is 0.0871. The van der Waals surface area contributed by atoms with Gasteiger partial charge in [-0.15, -0.1) is 0 Å². The molecule has 1 unspecified atom stereocenters. The lowest BCUT2D eigenvalue weighted by atomic mass is 10.1. The van der Waals surface area contributed by atoms with Gasteiger partial charge in [0, 0.05) is 6.20 Å². The highest BCUT2D eigenvalue weighted by Gasteiger charge is 2.04. The second-order valence-corrected chi connectivity index (χ2v) is 3.17. The molecular weight excluding hydrogens is 194 g/mol. The molecule has 0 aliphatic heterocycles. The molecule has 0 spiro atoms. The number of nitroso groups, excluding NO2 is 1. The van der Waals surface area contributed by atoms with Crippen LogP contribution in [0.1, 0.15) is 17.7 Å². The zero-order chi connectivity index (χ0) is 11.1. The summed E-state index contributed by atoms with van der Waals surface area (Å²) in [5, 5.41) is 20.5. The second-order valence-electron chi connectivity index (χ2n) is 3.17. The Hall–Kier alpha value is -1.80. The Kier molecular flexibility index (Phi) is 4.38. The number of nitrogens with zero attached hydrogens (tertiary/aromatic N) is 3. The number of aromatic nitrogens is 1. The van der Waals surface area contributed by atoms with Gasteiger partial charge in [0.1, 0.15) is 18.3 Å². The molecule has 0 saturated heterocycles. The lowest BCUT2D eigenvalue weighted by Crippen LogP contribution is -2.11. The molecule has 0 aliphatic carbocycles. The van der Waals surface area contributed by atoms with Crippen molar-refractivity contribution >= 4 is 0 Å². The molecule has 1 N–H and O–H groups in total. The zero-order valence-electron chi connectivity index (χ0n) is 8.13. The lowest BCUT2D eigenvalue weighted by molar-refractivity contribution is 0.173. The normalized spacial score (nSPS) is 11.7. The Balaban J connectivity index is 2.50. The molecule has 15 heavy (non-hydrogen) atoms. The van der Waals surface area contributed by atoms with Gasteiger partial charge >= 0.3 is 0 Å². The molecule has 0 fully saturated rings. The van der Waals surface area contributed by atoms with Crippen molar-refractivity contribution in [2.75, 3.05) is 6.54 Å². The highest BCUT2D eigenvalue weighted by atomic mass is 16.3. The molecule has 5 heteroatoms. The summed E-state index contributed by atoms with van der Waals surface area (Å²) in [6, 6.07) is 5.39. The van der Waals surface area contributed by atoms with Crippen LogP contribution in [-0.4, -0.2) is 22.7 Å². The van der Waals surface area contributed by atoms with Gasteiger partial charge in [-0.1, -0.05) is 5.18 Å². The minimum atomic E-state index is -0.707. The van der Waals surface area contributed by atoms with Crippen LogP contribution in [0.3, 0.4) is 0 Å². The molecule has 1 heterocycles. The molecule has 78 valence electrons. The van der Waals surface area contributed by atoms with E-state index in [0.717, 1.165) is 5.56 Å². The van der Waals surface area contributed by atoms with Crippen molar-refractivity contribution in [2.24, 2.45) is 5.18 Å². The lowest BCUT2D eigenvalue weighted by Gasteiger charge is -2.05. The first-order chi connectivity index (χ1) is 7.26. The molecule has 1 atom stereocenters. The first-order valence-electron chi connectivity index (χ1n) is 4.58. The average Bonchev–Trinajstić information content (AvgIpc) is 2.27. The Bertz CT molecular complexity index is 373. The number of pyridine rings is 1. The van der Waals surface area contributed by atoms with Crippen LogP contribution in [0.15, 0.2) is 23.5 Å². The van der Waals surface area contributed by atoms with Gasteiger partial charge in [0.25, 0.3) is 0 Å². The third-order valence-electron chi connectivity index (χ3n) is 1.99. The fraction of sp³-hybridized carbons (Fsp3) is 0.400. The summed E-state index contributed by atoms with van der Waals surface area (Å²) in [5.74, 6) is 0. The summed E-state index contributed by atoms with van der Waals surface area (Å²) in [6.45, 7) is -0.0871. The Labute approximate surface area is 87.4 Å². The summed E-state index contributed by atoms with van der Waals surface area (Å²) in [4.78, 5) is 13.7. The quantitative estimate of drug-likeness (QED) is 0.727. The molecular formula is C10H11N3O2. The summed E-state index contributed by atoms with van der Waals surface area (Å²) >= 11 is 0. The van der Waals surface area contributed by atoms with Crippen molar-refractivity contribution in [3.05, 3.63) is 34.5 Å². The molecule has 0 aromatic carbocycles. The number of rotatable bonds is 5. The topological polar surface area (TPSA) is 86.3 Å². The van der Waals surface area contributed by atoms with Gasteiger partial charge in [-0.25, -0.2) is 4.98 Å². The van der Waals surface area contributed by atoms with Gasteiger partial charge in [-0.05, 0) is 30.5 Å². The number of nitriles is 1. The first-order valence-corrected chi connectivity index (χ1v) is 4.58. The molecule has 1 aromatic heterocycles. The van der Waals surface area contributed by atoms with E-state index >= 15 is 0 Å². The molecule has 0 radical (unpaired) electrons. The van der Waals surface area contributed by atoms with Crippen LogP contribution < -0.4 is 0 Å². The summed E-state index contributed by atoms with van der Waals surface area (Å²) in [5.41, 5.74) is 1.28. The van der Waals surface area contributed by atoms with Crippen molar-refractivity contribution in [1.82, 2.24) is 4.98 Å². The SMILES string of the molecule is N#Cc1cc(CCC(O)CN=O)ccn1. The molecule has 1 rings (SSSR count). The second kappa shape index (κ2) is 5.83. The average molecular weight is 205 g/mol. The molecule has 5 nitrogen and oxygen atoms in total. The summed E-state index contributed by atoms with van der Waals surface area (Å²) in [7, 11) is 0. The van der Waals surface area contributed by atoms with Gasteiger partial charge in [0.2, 0.25) is 0 Å². The van der Waals surface area contributed by atoms with Crippen LogP contribution in [0, 0.1) is 16.2 Å². The van der Waals surface area contributed by atoms with Gasteiger partial charge in [0.15, 0.2) is 0 Å². The number of hydrogen-bond acceptors (Lipinski definition) is 5. The van der Waals surface area contributed by atoms with E-state index in [1.165, 1.54) is 0 Å². The van der Waals surface area contributed by atoms with Crippen molar-refractivity contribution in [3.8, 4) is 6.07 Å². The van der Waals surface area contributed by atoms with E-state index in [1.807, 2.05) is 6.07 Å². The highest BCUT2D eigenvalue weighted by molar-refractivity contribution is 5.25. The summed E-state index contributed by atoms with van der Waals surface area (Å²) < 4.78 is 0. The van der Waals surface area contributed by atoms with Crippen LogP contribution in [0.4, 0.5) is 0 Å². The number of hydrogen-bond donors (Lipinski definition) is 1. The Morgan fingerprint density at radius 1 is 1.67 bits per heavy atom. The van der Waals surface area contributed by atoms with Crippen LogP contribution in [0.25, 0.3) is 0 Å². The van der Waals surface area contributed by atoms with Crippen LogP contribution >= 0.6 is 0 Å². The first kappa shape index (κ1) is 11.3. The van der Waals surface area contributed by atoms with E-state index in [0.29, 0.717) is 18.5 Å². The Morgan fingerprint density at radius 3 is 3.13 bits per heavy atom.